The molecule has 0 aromatic carbocycles. The van der Waals surface area contributed by atoms with Gasteiger partial charge in [-0.1, -0.05) is 112 Å². The first-order valence-corrected chi connectivity index (χ1v) is 18.3. The Bertz CT molecular complexity index is 482. The molecule has 0 rings (SSSR count). The highest BCUT2D eigenvalue weighted by molar-refractivity contribution is 6.74. The van der Waals surface area contributed by atoms with E-state index in [9.17, 15) is 4.79 Å². The van der Waals surface area contributed by atoms with Crippen LogP contribution in [0, 0.1) is 0 Å². The van der Waals surface area contributed by atoms with Gasteiger partial charge >= 0.3 is 5.97 Å². The Kier molecular flexibility index (Phi) is 20.5. The molecule has 0 N–H and O–H groups in total. The highest BCUT2D eigenvalue weighted by atomic mass is 28.4. The van der Waals surface area contributed by atoms with E-state index in [0.717, 1.165) is 38.5 Å². The van der Waals surface area contributed by atoms with Crippen molar-refractivity contribution < 1.29 is 14.0 Å². The second kappa shape index (κ2) is 20.7. The van der Waals surface area contributed by atoms with Crippen LogP contribution in [0.1, 0.15) is 164 Å². The van der Waals surface area contributed by atoms with Gasteiger partial charge in [-0.2, -0.15) is 0 Å². The Labute approximate surface area is 222 Å². The maximum atomic E-state index is 12.6. The Hall–Kier alpha value is -0.353. The van der Waals surface area contributed by atoms with E-state index in [0.29, 0.717) is 12.5 Å². The van der Waals surface area contributed by atoms with Crippen molar-refractivity contribution in [3.05, 3.63) is 0 Å². The molecule has 0 aliphatic carbocycles. The molecule has 0 saturated carbocycles. The molecule has 4 heteroatoms. The molecule has 0 aromatic heterocycles. The number of ether oxygens (including phenoxy) is 1. The molecule has 0 saturated heterocycles. The lowest BCUT2D eigenvalue weighted by atomic mass is 10.0. The maximum absolute atomic E-state index is 12.6. The molecular formula is C31H64O3Si. The van der Waals surface area contributed by atoms with Gasteiger partial charge in [0.2, 0.25) is 0 Å². The van der Waals surface area contributed by atoms with E-state index in [2.05, 4.69) is 54.6 Å². The lowest BCUT2D eigenvalue weighted by Gasteiger charge is -2.38. The second-order valence-corrected chi connectivity index (χ2v) is 17.3. The van der Waals surface area contributed by atoms with Crippen molar-refractivity contribution in [2.75, 3.05) is 0 Å². The minimum atomic E-state index is -1.69. The third-order valence-electron chi connectivity index (χ3n) is 7.85. The second-order valence-electron chi connectivity index (χ2n) is 12.5. The molecule has 35 heavy (non-hydrogen) atoms. The summed E-state index contributed by atoms with van der Waals surface area (Å²) in [6, 6.07) is 0. The van der Waals surface area contributed by atoms with Crippen LogP contribution >= 0.6 is 0 Å². The third-order valence-corrected chi connectivity index (χ3v) is 12.5. The van der Waals surface area contributed by atoms with E-state index in [1.165, 1.54) is 77.0 Å². The molecule has 210 valence electrons. The first-order chi connectivity index (χ1) is 16.5. The zero-order valence-electron chi connectivity index (χ0n) is 25.3. The van der Waals surface area contributed by atoms with E-state index in [1.54, 1.807) is 0 Å². The maximum Gasteiger partial charge on any atom is 0.306 e. The third kappa shape index (κ3) is 19.4. The van der Waals surface area contributed by atoms with Crippen molar-refractivity contribution in [3.8, 4) is 0 Å². The van der Waals surface area contributed by atoms with Crippen LogP contribution in [0.15, 0.2) is 0 Å². The van der Waals surface area contributed by atoms with Crippen LogP contribution in [0.25, 0.3) is 0 Å². The molecule has 0 aliphatic heterocycles. The molecule has 1 unspecified atom stereocenters. The fraction of sp³-hybridized carbons (Fsp3) is 0.968. The van der Waals surface area contributed by atoms with Crippen LogP contribution in [-0.2, 0) is 14.0 Å². The summed E-state index contributed by atoms with van der Waals surface area (Å²) in [6.07, 6.45) is 22.9. The van der Waals surface area contributed by atoms with Crippen LogP contribution in [0.5, 0.6) is 0 Å². The minimum absolute atomic E-state index is 0.0255. The van der Waals surface area contributed by atoms with Crippen molar-refractivity contribution in [1.29, 1.82) is 0 Å². The van der Waals surface area contributed by atoms with Crippen molar-refractivity contribution >= 4 is 14.3 Å². The Morgan fingerprint density at radius 1 is 0.686 bits per heavy atom. The van der Waals surface area contributed by atoms with Crippen LogP contribution < -0.4 is 0 Å². The van der Waals surface area contributed by atoms with Crippen molar-refractivity contribution in [1.82, 2.24) is 0 Å². The van der Waals surface area contributed by atoms with Gasteiger partial charge in [-0.3, -0.25) is 4.79 Å². The number of hydrogen-bond donors (Lipinski definition) is 0. The van der Waals surface area contributed by atoms with E-state index in [4.69, 9.17) is 9.16 Å². The monoisotopic (exact) mass is 512 g/mol. The van der Waals surface area contributed by atoms with Gasteiger partial charge in [0, 0.05) is 12.5 Å². The fourth-order valence-electron chi connectivity index (χ4n) is 4.43. The van der Waals surface area contributed by atoms with Gasteiger partial charge < -0.3 is 9.16 Å². The molecule has 0 spiro atoms. The summed E-state index contributed by atoms with van der Waals surface area (Å²) in [5.74, 6) is 0.0255. The zero-order chi connectivity index (χ0) is 26.6. The lowest BCUT2D eigenvalue weighted by Crippen LogP contribution is -2.43. The Morgan fingerprint density at radius 3 is 1.60 bits per heavy atom. The molecule has 0 bridgehead atoms. The van der Waals surface area contributed by atoms with E-state index >= 15 is 0 Å². The van der Waals surface area contributed by atoms with E-state index < -0.39 is 8.32 Å². The van der Waals surface area contributed by atoms with Crippen LogP contribution in [0.3, 0.4) is 0 Å². The molecule has 0 radical (unpaired) electrons. The average molecular weight is 513 g/mol. The van der Waals surface area contributed by atoms with Crippen LogP contribution in [0.2, 0.25) is 18.1 Å². The predicted octanol–water partition coefficient (Wildman–Crippen LogP) is 10.8. The topological polar surface area (TPSA) is 35.5 Å². The van der Waals surface area contributed by atoms with Gasteiger partial charge in [-0.15, -0.1) is 0 Å². The lowest BCUT2D eigenvalue weighted by molar-refractivity contribution is -0.150. The van der Waals surface area contributed by atoms with Crippen LogP contribution in [-0.4, -0.2) is 26.5 Å². The van der Waals surface area contributed by atoms with Gasteiger partial charge in [0.25, 0.3) is 0 Å². The molecule has 0 amide bonds. The Balaban J connectivity index is 4.22. The normalized spacial score (nSPS) is 13.4. The number of unbranched alkanes of at least 4 members (excludes halogenated alkanes) is 12. The summed E-state index contributed by atoms with van der Waals surface area (Å²) in [5.41, 5.74) is 0. The highest BCUT2D eigenvalue weighted by Gasteiger charge is 2.38. The SMILES string of the molecule is CCCCCCCCC(CCCCCCCC)OC(=O)CCCCCC(C)O[Si](C)(C)C(C)(C)C. The molecule has 1 atom stereocenters. The Morgan fingerprint density at radius 2 is 1.11 bits per heavy atom. The summed E-state index contributed by atoms with van der Waals surface area (Å²) in [4.78, 5) is 12.6. The number of esters is 1. The molecule has 0 aromatic rings. The van der Waals surface area contributed by atoms with Gasteiger partial charge in [0.1, 0.15) is 6.10 Å². The fourth-order valence-corrected chi connectivity index (χ4v) is 5.91. The van der Waals surface area contributed by atoms with Crippen molar-refractivity contribution in [2.45, 2.75) is 194 Å². The molecule has 0 aliphatic rings. The number of carbonyl (C=O) groups is 1. The smallest absolute Gasteiger partial charge is 0.306 e. The molecule has 0 fully saturated rings. The summed E-state index contributed by atoms with van der Waals surface area (Å²) in [6.45, 7) is 18.3. The summed E-state index contributed by atoms with van der Waals surface area (Å²) < 4.78 is 12.4. The average Bonchev–Trinajstić information content (AvgIpc) is 2.76. The number of rotatable bonds is 23. The summed E-state index contributed by atoms with van der Waals surface area (Å²) in [7, 11) is -1.69. The van der Waals surface area contributed by atoms with Crippen LogP contribution in [0.4, 0.5) is 0 Å². The van der Waals surface area contributed by atoms with Gasteiger partial charge in [-0.25, -0.2) is 0 Å². The first-order valence-electron chi connectivity index (χ1n) is 15.4. The first kappa shape index (κ1) is 34.6. The minimum Gasteiger partial charge on any atom is -0.462 e. The molecule has 3 nitrogen and oxygen atoms in total. The summed E-state index contributed by atoms with van der Waals surface area (Å²) >= 11 is 0. The quantitative estimate of drug-likeness (QED) is 0.0775. The molecule has 0 heterocycles. The van der Waals surface area contributed by atoms with Crippen molar-refractivity contribution in [3.63, 3.8) is 0 Å². The van der Waals surface area contributed by atoms with Gasteiger partial charge in [0.05, 0.1) is 0 Å². The number of carbonyl (C=O) groups excluding carboxylic acids is 1. The molecular weight excluding hydrogens is 448 g/mol. The summed E-state index contributed by atoms with van der Waals surface area (Å²) in [5, 5.41) is 0.257. The highest BCUT2D eigenvalue weighted by Crippen LogP contribution is 2.37. The van der Waals surface area contributed by atoms with Gasteiger partial charge in [-0.05, 0) is 63.6 Å². The number of hydrogen-bond acceptors (Lipinski definition) is 3. The van der Waals surface area contributed by atoms with E-state index in [-0.39, 0.29) is 17.1 Å². The van der Waals surface area contributed by atoms with Crippen molar-refractivity contribution in [2.24, 2.45) is 0 Å². The zero-order valence-corrected chi connectivity index (χ0v) is 26.3. The van der Waals surface area contributed by atoms with E-state index in [1.807, 2.05) is 0 Å². The standard InChI is InChI=1S/C31H64O3Si/c1-9-11-13-15-17-21-25-29(26-22-18-16-14-12-10-2)33-30(32)27-23-19-20-24-28(3)34-35(7,8)31(4,5)6/h28-29H,9-27H2,1-8H3. The predicted molar refractivity (Wildman–Crippen MR) is 157 cm³/mol. The van der Waals surface area contributed by atoms with Gasteiger partial charge in [0.15, 0.2) is 8.32 Å². The largest absolute Gasteiger partial charge is 0.462 e.